The highest BCUT2D eigenvalue weighted by molar-refractivity contribution is 7.91. The number of hydrogen-bond acceptors (Lipinski definition) is 4. The van der Waals surface area contributed by atoms with Gasteiger partial charge in [-0.25, -0.2) is 8.42 Å². The van der Waals surface area contributed by atoms with E-state index in [0.717, 1.165) is 38.5 Å². The summed E-state index contributed by atoms with van der Waals surface area (Å²) in [6.07, 6.45) is 8.20. The zero-order valence-corrected chi connectivity index (χ0v) is 15.8. The van der Waals surface area contributed by atoms with Gasteiger partial charge >= 0.3 is 5.97 Å². The molecule has 0 saturated heterocycles. The maximum absolute atomic E-state index is 11.8. The third-order valence-corrected chi connectivity index (χ3v) is 5.57. The molecule has 2 N–H and O–H groups in total. The van der Waals surface area contributed by atoms with Crippen molar-refractivity contribution in [2.75, 3.05) is 6.26 Å². The number of unbranched alkanes of at least 4 members (excludes halogenated alkanes) is 5. The number of rotatable bonds is 13. The molecule has 24 heavy (non-hydrogen) atoms. The molecule has 0 aromatic rings. The molecule has 0 aliphatic carbocycles. The number of aliphatic carboxylic acids is 1. The van der Waals surface area contributed by atoms with Crippen molar-refractivity contribution in [3.8, 4) is 11.8 Å². The molecule has 0 saturated carbocycles. The molecule has 140 valence electrons. The van der Waals surface area contributed by atoms with E-state index in [1.165, 1.54) is 6.26 Å². The van der Waals surface area contributed by atoms with Gasteiger partial charge in [0.1, 0.15) is 6.10 Å². The predicted molar refractivity (Wildman–Crippen MR) is 96.5 cm³/mol. The van der Waals surface area contributed by atoms with Crippen LogP contribution in [0.5, 0.6) is 0 Å². The lowest BCUT2D eigenvalue weighted by Gasteiger charge is -2.12. The van der Waals surface area contributed by atoms with Crippen LogP contribution in [0.2, 0.25) is 0 Å². The van der Waals surface area contributed by atoms with Gasteiger partial charge in [-0.05, 0) is 25.7 Å². The summed E-state index contributed by atoms with van der Waals surface area (Å²) < 4.78 is 23.6. The summed E-state index contributed by atoms with van der Waals surface area (Å²) in [7, 11) is -3.17. The van der Waals surface area contributed by atoms with Gasteiger partial charge in [0.25, 0.3) is 0 Å². The summed E-state index contributed by atoms with van der Waals surface area (Å²) in [5.74, 6) is 4.78. The lowest BCUT2D eigenvalue weighted by Crippen LogP contribution is -2.19. The molecule has 0 aliphatic rings. The van der Waals surface area contributed by atoms with E-state index in [2.05, 4.69) is 18.8 Å². The van der Waals surface area contributed by atoms with Gasteiger partial charge in [0.2, 0.25) is 0 Å². The fourth-order valence-electron chi connectivity index (χ4n) is 2.42. The van der Waals surface area contributed by atoms with Crippen molar-refractivity contribution in [3.63, 3.8) is 0 Å². The molecular weight excluding hydrogens is 328 g/mol. The van der Waals surface area contributed by atoms with E-state index in [-0.39, 0.29) is 12.8 Å². The first-order valence-corrected chi connectivity index (χ1v) is 10.8. The molecule has 0 radical (unpaired) electrons. The van der Waals surface area contributed by atoms with Crippen molar-refractivity contribution in [2.45, 2.75) is 88.9 Å². The van der Waals surface area contributed by atoms with Gasteiger partial charge in [-0.15, -0.1) is 0 Å². The van der Waals surface area contributed by atoms with Crippen LogP contribution in [0.1, 0.15) is 77.6 Å². The van der Waals surface area contributed by atoms with Crippen molar-refractivity contribution in [1.29, 1.82) is 0 Å². The number of sulfone groups is 1. The highest BCUT2D eigenvalue weighted by atomic mass is 32.2. The third-order valence-electron chi connectivity index (χ3n) is 3.95. The maximum atomic E-state index is 11.8. The smallest absolute Gasteiger partial charge is 0.303 e. The first kappa shape index (κ1) is 22.9. The zero-order valence-electron chi connectivity index (χ0n) is 15.0. The van der Waals surface area contributed by atoms with Gasteiger partial charge in [-0.2, -0.15) is 0 Å². The Labute approximate surface area is 146 Å². The highest BCUT2D eigenvalue weighted by Crippen LogP contribution is 2.15. The van der Waals surface area contributed by atoms with Crippen molar-refractivity contribution in [3.05, 3.63) is 0 Å². The summed E-state index contributed by atoms with van der Waals surface area (Å²) in [5.41, 5.74) is 0. The summed E-state index contributed by atoms with van der Waals surface area (Å²) in [4.78, 5) is 10.4. The minimum Gasteiger partial charge on any atom is -0.481 e. The van der Waals surface area contributed by atoms with E-state index in [1.54, 1.807) is 0 Å². The zero-order chi connectivity index (χ0) is 18.4. The van der Waals surface area contributed by atoms with E-state index >= 15 is 0 Å². The standard InChI is InChI=1S/C18H32O5S/c1-3-4-7-11-16(19)12-10-14-17(24(2,22)23)13-8-5-6-9-15-18(20)21/h16-17,19H,3-9,11,13-15H2,1-2H3,(H,20,21)/t16-,17?/m0/s1. The topological polar surface area (TPSA) is 91.7 Å². The predicted octanol–water partition coefficient (Wildman–Crippen LogP) is 3.16. The first-order valence-electron chi connectivity index (χ1n) is 8.84. The summed E-state index contributed by atoms with van der Waals surface area (Å²) in [6.45, 7) is 2.09. The first-order chi connectivity index (χ1) is 11.3. The number of carbonyl (C=O) groups is 1. The molecule has 0 heterocycles. The molecule has 0 bridgehead atoms. The lowest BCUT2D eigenvalue weighted by molar-refractivity contribution is -0.137. The molecule has 0 rings (SSSR count). The second-order valence-corrected chi connectivity index (χ2v) is 8.66. The van der Waals surface area contributed by atoms with Crippen molar-refractivity contribution in [2.24, 2.45) is 0 Å². The van der Waals surface area contributed by atoms with Crippen LogP contribution < -0.4 is 0 Å². The average molecular weight is 361 g/mol. The molecule has 6 heteroatoms. The Morgan fingerprint density at radius 3 is 2.25 bits per heavy atom. The quantitative estimate of drug-likeness (QED) is 0.389. The minimum absolute atomic E-state index is 0.164. The molecule has 1 unspecified atom stereocenters. The average Bonchev–Trinajstić information content (AvgIpc) is 2.47. The molecule has 0 aromatic heterocycles. The number of aliphatic hydroxyl groups excluding tert-OH is 1. The van der Waals surface area contributed by atoms with Crippen LogP contribution in [0.3, 0.4) is 0 Å². The van der Waals surface area contributed by atoms with Crippen LogP contribution >= 0.6 is 0 Å². The number of aliphatic hydroxyl groups is 1. The Morgan fingerprint density at radius 2 is 1.67 bits per heavy atom. The fraction of sp³-hybridized carbons (Fsp3) is 0.833. The van der Waals surface area contributed by atoms with Crippen LogP contribution in [0, 0.1) is 11.8 Å². The fourth-order valence-corrected chi connectivity index (χ4v) is 3.40. The molecule has 5 nitrogen and oxygen atoms in total. The molecule has 0 fully saturated rings. The van der Waals surface area contributed by atoms with Crippen LogP contribution in [0.4, 0.5) is 0 Å². The Balaban J connectivity index is 4.18. The molecular formula is C18H32O5S. The van der Waals surface area contributed by atoms with Gasteiger partial charge in [0, 0.05) is 19.1 Å². The summed E-state index contributed by atoms with van der Waals surface area (Å²) in [5, 5.41) is 17.8. The van der Waals surface area contributed by atoms with E-state index in [9.17, 15) is 18.3 Å². The van der Waals surface area contributed by atoms with Crippen molar-refractivity contribution in [1.82, 2.24) is 0 Å². The Bertz CT molecular complexity index is 501. The van der Waals surface area contributed by atoms with Gasteiger partial charge < -0.3 is 10.2 Å². The Kier molecular flexibility index (Phi) is 12.7. The van der Waals surface area contributed by atoms with Gasteiger partial charge in [0.05, 0.1) is 5.25 Å². The molecule has 0 aromatic carbocycles. The second-order valence-electron chi connectivity index (χ2n) is 6.33. The van der Waals surface area contributed by atoms with E-state index in [4.69, 9.17) is 5.11 Å². The molecule has 0 aliphatic heterocycles. The minimum atomic E-state index is -3.17. The van der Waals surface area contributed by atoms with Crippen LogP contribution in [0.25, 0.3) is 0 Å². The molecule has 0 spiro atoms. The van der Waals surface area contributed by atoms with E-state index in [1.807, 2.05) is 0 Å². The van der Waals surface area contributed by atoms with Gasteiger partial charge in [-0.3, -0.25) is 4.79 Å². The van der Waals surface area contributed by atoms with E-state index in [0.29, 0.717) is 19.3 Å². The largest absolute Gasteiger partial charge is 0.481 e. The summed E-state index contributed by atoms with van der Waals surface area (Å²) >= 11 is 0. The van der Waals surface area contributed by atoms with Crippen LogP contribution in [-0.2, 0) is 14.6 Å². The Morgan fingerprint density at radius 1 is 1.04 bits per heavy atom. The van der Waals surface area contributed by atoms with Crippen molar-refractivity contribution >= 4 is 15.8 Å². The van der Waals surface area contributed by atoms with Crippen molar-refractivity contribution < 1.29 is 23.4 Å². The summed E-state index contributed by atoms with van der Waals surface area (Å²) in [6, 6.07) is 0. The SMILES string of the molecule is CCCCC[C@H](O)C#CCC(CCCCCCC(=O)O)S(C)(=O)=O. The highest BCUT2D eigenvalue weighted by Gasteiger charge is 2.19. The lowest BCUT2D eigenvalue weighted by atomic mass is 10.1. The number of carboxylic acids is 1. The number of carboxylic acid groups (broad SMARTS) is 1. The normalized spacial score (nSPS) is 13.8. The van der Waals surface area contributed by atoms with Gasteiger partial charge in [0.15, 0.2) is 9.84 Å². The number of hydrogen-bond donors (Lipinski definition) is 2. The monoisotopic (exact) mass is 360 g/mol. The maximum Gasteiger partial charge on any atom is 0.303 e. The third kappa shape index (κ3) is 13.4. The van der Waals surface area contributed by atoms with Crippen LogP contribution in [0.15, 0.2) is 0 Å². The van der Waals surface area contributed by atoms with E-state index < -0.39 is 27.2 Å². The van der Waals surface area contributed by atoms with Crippen LogP contribution in [-0.4, -0.2) is 42.2 Å². The molecule has 0 amide bonds. The Hall–Kier alpha value is -1.06. The molecule has 2 atom stereocenters. The second kappa shape index (κ2) is 13.3. The van der Waals surface area contributed by atoms with Gasteiger partial charge in [-0.1, -0.05) is 50.9 Å².